The maximum absolute atomic E-state index is 12.9. The van der Waals surface area contributed by atoms with E-state index >= 15 is 0 Å². The van der Waals surface area contributed by atoms with Crippen molar-refractivity contribution in [1.82, 2.24) is 10.6 Å². The van der Waals surface area contributed by atoms with Crippen molar-refractivity contribution >= 4 is 11.8 Å². The molecule has 6 heteroatoms. The zero-order valence-electron chi connectivity index (χ0n) is 10.2. The van der Waals surface area contributed by atoms with Crippen LogP contribution < -0.4 is 10.6 Å². The molecule has 0 spiro atoms. The van der Waals surface area contributed by atoms with Gasteiger partial charge < -0.3 is 10.6 Å². The molecule has 0 saturated carbocycles. The van der Waals surface area contributed by atoms with Gasteiger partial charge >= 0.3 is 0 Å². The molecule has 102 valence electrons. The predicted octanol–water partition coefficient (Wildman–Crippen LogP) is 0.902. The molecule has 1 aliphatic heterocycles. The minimum atomic E-state index is -0.896. The molecule has 1 aromatic rings. The molecule has 1 unspecified atom stereocenters. The van der Waals surface area contributed by atoms with Crippen molar-refractivity contribution < 1.29 is 18.4 Å². The fourth-order valence-corrected chi connectivity index (χ4v) is 1.96. The van der Waals surface area contributed by atoms with Crippen LogP contribution in [-0.4, -0.2) is 24.4 Å². The molecule has 2 N–H and O–H groups in total. The van der Waals surface area contributed by atoms with Gasteiger partial charge in [0.05, 0.1) is 0 Å². The lowest BCUT2D eigenvalue weighted by atomic mass is 10.1. The molecule has 2 amide bonds. The minimum Gasteiger partial charge on any atom is -0.354 e. The van der Waals surface area contributed by atoms with Crippen molar-refractivity contribution in [3.05, 3.63) is 35.4 Å². The quantitative estimate of drug-likeness (QED) is 0.852. The summed E-state index contributed by atoms with van der Waals surface area (Å²) >= 11 is 0. The Labute approximate surface area is 109 Å². The molecule has 1 aliphatic rings. The Kier molecular flexibility index (Phi) is 4.09. The Morgan fingerprint density at radius 1 is 1.37 bits per heavy atom. The highest BCUT2D eigenvalue weighted by Gasteiger charge is 2.26. The molecular weight excluding hydrogens is 254 g/mol. The SMILES string of the molecule is O=C1CCC(C(=O)NCCc2ccc(F)c(F)c2)N1. The van der Waals surface area contributed by atoms with Crippen LogP contribution in [0.5, 0.6) is 0 Å². The van der Waals surface area contributed by atoms with Crippen molar-refractivity contribution in [3.63, 3.8) is 0 Å². The van der Waals surface area contributed by atoms with Gasteiger partial charge in [-0.25, -0.2) is 8.78 Å². The summed E-state index contributed by atoms with van der Waals surface area (Å²) in [4.78, 5) is 22.6. The molecule has 4 nitrogen and oxygen atoms in total. The van der Waals surface area contributed by atoms with Crippen LogP contribution >= 0.6 is 0 Å². The highest BCUT2D eigenvalue weighted by molar-refractivity contribution is 5.90. The number of amides is 2. The predicted molar refractivity (Wildman–Crippen MR) is 64.2 cm³/mol. The van der Waals surface area contributed by atoms with Crippen LogP contribution in [0.25, 0.3) is 0 Å². The Hall–Kier alpha value is -1.98. The summed E-state index contributed by atoms with van der Waals surface area (Å²) in [5.41, 5.74) is 0.606. The van der Waals surface area contributed by atoms with Crippen LogP contribution in [0.1, 0.15) is 18.4 Å². The molecule has 2 rings (SSSR count). The second-order valence-corrected chi connectivity index (χ2v) is 4.45. The molecule has 0 aliphatic carbocycles. The lowest BCUT2D eigenvalue weighted by Crippen LogP contribution is -2.42. The van der Waals surface area contributed by atoms with E-state index in [0.717, 1.165) is 12.1 Å². The third-order valence-corrected chi connectivity index (χ3v) is 3.01. The third kappa shape index (κ3) is 3.49. The summed E-state index contributed by atoms with van der Waals surface area (Å²) in [6, 6.07) is 3.17. The monoisotopic (exact) mass is 268 g/mol. The number of halogens is 2. The number of hydrogen-bond donors (Lipinski definition) is 2. The van der Waals surface area contributed by atoms with Crippen LogP contribution in [0.2, 0.25) is 0 Å². The third-order valence-electron chi connectivity index (χ3n) is 3.01. The van der Waals surface area contributed by atoms with Gasteiger partial charge in [-0.1, -0.05) is 6.07 Å². The lowest BCUT2D eigenvalue weighted by Gasteiger charge is -2.10. The fraction of sp³-hybridized carbons (Fsp3) is 0.385. The lowest BCUT2D eigenvalue weighted by molar-refractivity contribution is -0.125. The van der Waals surface area contributed by atoms with E-state index in [1.807, 2.05) is 0 Å². The van der Waals surface area contributed by atoms with Gasteiger partial charge in [0.2, 0.25) is 11.8 Å². The van der Waals surface area contributed by atoms with Gasteiger partial charge in [0, 0.05) is 13.0 Å². The van der Waals surface area contributed by atoms with Gasteiger partial charge in [-0.05, 0) is 30.5 Å². The van der Waals surface area contributed by atoms with E-state index in [0.29, 0.717) is 31.4 Å². The zero-order valence-corrected chi connectivity index (χ0v) is 10.2. The Balaban J connectivity index is 1.78. The second-order valence-electron chi connectivity index (χ2n) is 4.45. The fourth-order valence-electron chi connectivity index (χ4n) is 1.96. The van der Waals surface area contributed by atoms with Gasteiger partial charge in [0.1, 0.15) is 6.04 Å². The minimum absolute atomic E-state index is 0.124. The average molecular weight is 268 g/mol. The number of carbonyl (C=O) groups is 2. The second kappa shape index (κ2) is 5.77. The summed E-state index contributed by atoms with van der Waals surface area (Å²) < 4.78 is 25.6. The number of nitrogens with one attached hydrogen (secondary N) is 2. The standard InChI is InChI=1S/C13H14F2N2O2/c14-9-2-1-8(7-10(9)15)5-6-16-13(19)11-3-4-12(18)17-11/h1-2,7,11H,3-6H2,(H,16,19)(H,17,18). The molecule has 1 atom stereocenters. The Morgan fingerprint density at radius 2 is 2.16 bits per heavy atom. The van der Waals surface area contributed by atoms with Crippen molar-refractivity contribution in [2.75, 3.05) is 6.54 Å². The van der Waals surface area contributed by atoms with Crippen molar-refractivity contribution in [1.29, 1.82) is 0 Å². The van der Waals surface area contributed by atoms with Crippen LogP contribution in [0.4, 0.5) is 8.78 Å². The maximum atomic E-state index is 12.9. The summed E-state index contributed by atoms with van der Waals surface area (Å²) in [5, 5.41) is 5.22. The van der Waals surface area contributed by atoms with E-state index in [9.17, 15) is 18.4 Å². The van der Waals surface area contributed by atoms with E-state index in [-0.39, 0.29) is 11.8 Å². The van der Waals surface area contributed by atoms with Gasteiger partial charge in [-0.15, -0.1) is 0 Å². The summed E-state index contributed by atoms with van der Waals surface area (Å²) in [5.74, 6) is -2.15. The smallest absolute Gasteiger partial charge is 0.242 e. The topological polar surface area (TPSA) is 58.2 Å². The van der Waals surface area contributed by atoms with E-state index in [1.165, 1.54) is 6.07 Å². The van der Waals surface area contributed by atoms with Gasteiger partial charge in [0.25, 0.3) is 0 Å². The van der Waals surface area contributed by atoms with Gasteiger partial charge in [0.15, 0.2) is 11.6 Å². The molecule has 1 aromatic carbocycles. The first kappa shape index (κ1) is 13.5. The highest BCUT2D eigenvalue weighted by atomic mass is 19.2. The number of rotatable bonds is 4. The summed E-state index contributed by atoms with van der Waals surface area (Å²) in [7, 11) is 0. The number of benzene rings is 1. The van der Waals surface area contributed by atoms with Crippen molar-refractivity contribution in [3.8, 4) is 0 Å². The highest BCUT2D eigenvalue weighted by Crippen LogP contribution is 2.09. The number of carbonyl (C=O) groups excluding carboxylic acids is 2. The summed E-state index contributed by atoms with van der Waals surface area (Å²) in [6.45, 7) is 0.316. The van der Waals surface area contributed by atoms with Crippen LogP contribution in [-0.2, 0) is 16.0 Å². The Bertz CT molecular complexity index is 505. The first-order valence-electron chi connectivity index (χ1n) is 6.07. The van der Waals surface area contributed by atoms with E-state index in [1.54, 1.807) is 0 Å². The number of hydrogen-bond acceptors (Lipinski definition) is 2. The molecule has 0 aromatic heterocycles. The Morgan fingerprint density at radius 3 is 2.79 bits per heavy atom. The normalized spacial score (nSPS) is 18.2. The molecule has 1 fully saturated rings. The van der Waals surface area contributed by atoms with Crippen LogP contribution in [0.15, 0.2) is 18.2 Å². The van der Waals surface area contributed by atoms with Crippen molar-refractivity contribution in [2.45, 2.75) is 25.3 Å². The zero-order chi connectivity index (χ0) is 13.8. The molecule has 1 heterocycles. The maximum Gasteiger partial charge on any atom is 0.242 e. The van der Waals surface area contributed by atoms with E-state index < -0.39 is 17.7 Å². The van der Waals surface area contributed by atoms with Crippen LogP contribution in [0, 0.1) is 11.6 Å². The molecule has 0 radical (unpaired) electrons. The largest absolute Gasteiger partial charge is 0.354 e. The molecule has 0 bridgehead atoms. The molecule has 1 saturated heterocycles. The van der Waals surface area contributed by atoms with Crippen LogP contribution in [0.3, 0.4) is 0 Å². The first-order valence-corrected chi connectivity index (χ1v) is 6.07. The first-order chi connectivity index (χ1) is 9.06. The molecular formula is C13H14F2N2O2. The van der Waals surface area contributed by atoms with Crippen molar-refractivity contribution in [2.24, 2.45) is 0 Å². The van der Waals surface area contributed by atoms with Gasteiger partial charge in [-0.2, -0.15) is 0 Å². The van der Waals surface area contributed by atoms with E-state index in [4.69, 9.17) is 0 Å². The molecule has 19 heavy (non-hydrogen) atoms. The van der Waals surface area contributed by atoms with Gasteiger partial charge in [-0.3, -0.25) is 9.59 Å². The summed E-state index contributed by atoms with van der Waals surface area (Å²) in [6.07, 6.45) is 1.26. The van der Waals surface area contributed by atoms with E-state index in [2.05, 4.69) is 10.6 Å². The average Bonchev–Trinajstić information content (AvgIpc) is 2.80.